The summed E-state index contributed by atoms with van der Waals surface area (Å²) in [5, 5.41) is 11.9. The number of para-hydroxylation sites is 1. The van der Waals surface area contributed by atoms with Gasteiger partial charge in [0.15, 0.2) is 11.4 Å². The Labute approximate surface area is 148 Å². The minimum Gasteiger partial charge on any atom is -0.271 e. The zero-order valence-corrected chi connectivity index (χ0v) is 14.6. The SMILES string of the molecule is CSC(=Nc1ccccc1SCc1cccc(Cl)c1F)NC#N. The van der Waals surface area contributed by atoms with Crippen LogP contribution in [0.2, 0.25) is 5.02 Å². The third kappa shape index (κ3) is 4.90. The number of hydrogen-bond acceptors (Lipinski definition) is 4. The highest BCUT2D eigenvalue weighted by Gasteiger charge is 2.09. The Morgan fingerprint density at radius 3 is 2.83 bits per heavy atom. The Kier molecular flexibility index (Phi) is 6.78. The molecule has 0 atom stereocenters. The predicted molar refractivity (Wildman–Crippen MR) is 96.8 cm³/mol. The molecule has 2 aromatic rings. The van der Waals surface area contributed by atoms with Crippen molar-refractivity contribution in [3.63, 3.8) is 0 Å². The molecule has 2 aromatic carbocycles. The van der Waals surface area contributed by atoms with Crippen molar-refractivity contribution in [2.45, 2.75) is 10.6 Å². The third-order valence-corrected chi connectivity index (χ3v) is 4.84. The van der Waals surface area contributed by atoms with Gasteiger partial charge in [-0.15, -0.1) is 11.8 Å². The number of benzene rings is 2. The molecule has 2 rings (SSSR count). The van der Waals surface area contributed by atoms with Crippen LogP contribution in [0.1, 0.15) is 5.56 Å². The van der Waals surface area contributed by atoms with Gasteiger partial charge < -0.3 is 0 Å². The van der Waals surface area contributed by atoms with Crippen LogP contribution in [0, 0.1) is 17.3 Å². The van der Waals surface area contributed by atoms with Crippen molar-refractivity contribution < 1.29 is 4.39 Å². The van der Waals surface area contributed by atoms with E-state index in [0.29, 0.717) is 16.5 Å². The van der Waals surface area contributed by atoms with Crippen molar-refractivity contribution in [1.29, 1.82) is 5.26 Å². The van der Waals surface area contributed by atoms with Gasteiger partial charge in [-0.05, 0) is 30.0 Å². The number of thioether (sulfide) groups is 2. The lowest BCUT2D eigenvalue weighted by atomic mass is 10.2. The van der Waals surface area contributed by atoms with Crippen molar-refractivity contribution in [1.82, 2.24) is 5.32 Å². The van der Waals surface area contributed by atoms with E-state index >= 15 is 0 Å². The number of hydrogen-bond donors (Lipinski definition) is 1. The van der Waals surface area contributed by atoms with Crippen LogP contribution in [0.15, 0.2) is 52.4 Å². The van der Waals surface area contributed by atoms with E-state index in [9.17, 15) is 4.39 Å². The first-order chi connectivity index (χ1) is 11.2. The zero-order chi connectivity index (χ0) is 16.7. The Bertz CT molecular complexity index is 759. The number of nitriles is 1. The van der Waals surface area contributed by atoms with Crippen molar-refractivity contribution >= 4 is 46.0 Å². The van der Waals surface area contributed by atoms with Crippen molar-refractivity contribution in [3.8, 4) is 6.19 Å². The summed E-state index contributed by atoms with van der Waals surface area (Å²) in [4.78, 5) is 5.33. The molecule has 23 heavy (non-hydrogen) atoms. The van der Waals surface area contributed by atoms with Crippen LogP contribution in [-0.2, 0) is 5.75 Å². The topological polar surface area (TPSA) is 48.2 Å². The quantitative estimate of drug-likeness (QED) is 0.266. The number of rotatable bonds is 4. The molecule has 0 bridgehead atoms. The fourth-order valence-electron chi connectivity index (χ4n) is 1.77. The summed E-state index contributed by atoms with van der Waals surface area (Å²) in [6.07, 6.45) is 3.69. The Morgan fingerprint density at radius 2 is 2.09 bits per heavy atom. The molecule has 0 radical (unpaired) electrons. The monoisotopic (exact) mass is 365 g/mol. The summed E-state index contributed by atoms with van der Waals surface area (Å²) in [5.41, 5.74) is 1.27. The second kappa shape index (κ2) is 8.82. The molecule has 0 aliphatic heterocycles. The van der Waals surface area contributed by atoms with Gasteiger partial charge in [-0.2, -0.15) is 5.26 Å². The molecule has 118 valence electrons. The lowest BCUT2D eigenvalue weighted by molar-refractivity contribution is 0.618. The van der Waals surface area contributed by atoms with Gasteiger partial charge in [0.2, 0.25) is 0 Å². The second-order valence-corrected chi connectivity index (χ2v) is 6.55. The number of nitrogens with zero attached hydrogens (tertiary/aromatic N) is 2. The summed E-state index contributed by atoms with van der Waals surface area (Å²) >= 11 is 8.62. The maximum Gasteiger partial charge on any atom is 0.183 e. The van der Waals surface area contributed by atoms with E-state index in [4.69, 9.17) is 16.9 Å². The van der Waals surface area contributed by atoms with Crippen LogP contribution in [-0.4, -0.2) is 11.4 Å². The van der Waals surface area contributed by atoms with Gasteiger partial charge in [-0.25, -0.2) is 9.38 Å². The van der Waals surface area contributed by atoms with Crippen LogP contribution in [0.5, 0.6) is 0 Å². The summed E-state index contributed by atoms with van der Waals surface area (Å²) in [6.45, 7) is 0. The molecule has 0 aliphatic rings. The van der Waals surface area contributed by atoms with Gasteiger partial charge in [-0.3, -0.25) is 5.32 Å². The van der Waals surface area contributed by atoms with Crippen molar-refractivity contribution in [2.24, 2.45) is 4.99 Å². The smallest absolute Gasteiger partial charge is 0.183 e. The summed E-state index contributed by atoms with van der Waals surface area (Å²) < 4.78 is 13.9. The molecule has 0 aromatic heterocycles. The Morgan fingerprint density at radius 1 is 1.30 bits per heavy atom. The van der Waals surface area contributed by atoms with Gasteiger partial charge >= 0.3 is 0 Å². The highest BCUT2D eigenvalue weighted by molar-refractivity contribution is 8.13. The van der Waals surface area contributed by atoms with E-state index in [1.807, 2.05) is 36.7 Å². The number of halogens is 2. The fourth-order valence-corrected chi connectivity index (χ4v) is 3.27. The molecule has 3 nitrogen and oxygen atoms in total. The molecule has 0 unspecified atom stereocenters. The van der Waals surface area contributed by atoms with Crippen molar-refractivity contribution in [2.75, 3.05) is 6.26 Å². The third-order valence-electron chi connectivity index (χ3n) is 2.86. The zero-order valence-electron chi connectivity index (χ0n) is 12.2. The molecular weight excluding hydrogens is 353 g/mol. The largest absolute Gasteiger partial charge is 0.271 e. The molecule has 0 amide bonds. The molecule has 0 saturated carbocycles. The molecule has 0 heterocycles. The first kappa shape index (κ1) is 17.7. The van der Waals surface area contributed by atoms with Crippen LogP contribution in [0.3, 0.4) is 0 Å². The van der Waals surface area contributed by atoms with E-state index in [0.717, 1.165) is 10.6 Å². The number of aliphatic imine (C=N–C) groups is 1. The van der Waals surface area contributed by atoms with E-state index in [1.165, 1.54) is 29.6 Å². The van der Waals surface area contributed by atoms with Gasteiger partial charge in [-0.1, -0.05) is 47.6 Å². The minimum atomic E-state index is -0.390. The van der Waals surface area contributed by atoms with Crippen LogP contribution < -0.4 is 5.32 Å². The predicted octanol–water partition coefficient (Wildman–Crippen LogP) is 5.19. The second-order valence-electron chi connectivity index (χ2n) is 4.33. The molecular formula is C16H13ClFN3S2. The lowest BCUT2D eigenvalue weighted by Gasteiger charge is -2.08. The average molecular weight is 366 g/mol. The maximum atomic E-state index is 13.9. The standard InChI is InChI=1S/C16H13ClFN3S2/c1-22-16(20-10-19)21-13-7-2-3-8-14(13)23-9-11-5-4-6-12(17)15(11)18/h2-8H,9H2,1H3,(H,20,21). The highest BCUT2D eigenvalue weighted by Crippen LogP contribution is 2.33. The average Bonchev–Trinajstić information content (AvgIpc) is 2.57. The number of amidine groups is 1. The fraction of sp³-hybridized carbons (Fsp3) is 0.125. The first-order valence-electron chi connectivity index (χ1n) is 6.58. The molecule has 0 aliphatic carbocycles. The first-order valence-corrected chi connectivity index (χ1v) is 9.17. The lowest BCUT2D eigenvalue weighted by Crippen LogP contribution is -2.12. The summed E-state index contributed by atoms with van der Waals surface area (Å²) in [5.74, 6) is 0.0535. The molecule has 7 heteroatoms. The van der Waals surface area contributed by atoms with Crippen LogP contribution in [0.4, 0.5) is 10.1 Å². The summed E-state index contributed by atoms with van der Waals surface area (Å²) in [7, 11) is 0. The van der Waals surface area contributed by atoms with Gasteiger partial charge in [0, 0.05) is 10.6 Å². The Balaban J connectivity index is 2.21. The van der Waals surface area contributed by atoms with E-state index < -0.39 is 5.82 Å². The highest BCUT2D eigenvalue weighted by atomic mass is 35.5. The van der Waals surface area contributed by atoms with E-state index in [-0.39, 0.29) is 5.02 Å². The Hall–Kier alpha value is -1.68. The van der Waals surface area contributed by atoms with E-state index in [1.54, 1.807) is 12.1 Å². The van der Waals surface area contributed by atoms with E-state index in [2.05, 4.69) is 10.3 Å². The van der Waals surface area contributed by atoms with Crippen LogP contribution >= 0.6 is 35.1 Å². The number of nitrogens with one attached hydrogen (secondary N) is 1. The molecule has 1 N–H and O–H groups in total. The van der Waals surface area contributed by atoms with Gasteiger partial charge in [0.1, 0.15) is 5.82 Å². The minimum absolute atomic E-state index is 0.122. The molecule has 0 fully saturated rings. The maximum absolute atomic E-state index is 13.9. The van der Waals surface area contributed by atoms with Gasteiger partial charge in [0.25, 0.3) is 0 Å². The summed E-state index contributed by atoms with van der Waals surface area (Å²) in [6, 6.07) is 12.5. The van der Waals surface area contributed by atoms with Crippen LogP contribution in [0.25, 0.3) is 0 Å². The molecule has 0 saturated heterocycles. The molecule has 0 spiro atoms. The van der Waals surface area contributed by atoms with Gasteiger partial charge in [0.05, 0.1) is 10.7 Å². The normalized spacial score (nSPS) is 11.1. The van der Waals surface area contributed by atoms with Crippen molar-refractivity contribution in [3.05, 3.63) is 58.9 Å².